The Bertz CT molecular complexity index is 1700. The summed E-state index contributed by atoms with van der Waals surface area (Å²) in [6.07, 6.45) is 6.38. The average Bonchev–Trinajstić information content (AvgIpc) is 3.49. The molecular formula is C30H29ClN8O4. The highest BCUT2D eigenvalue weighted by molar-refractivity contribution is 6.30. The van der Waals surface area contributed by atoms with Crippen molar-refractivity contribution < 1.29 is 19.1 Å². The van der Waals surface area contributed by atoms with Gasteiger partial charge in [-0.1, -0.05) is 11.6 Å². The van der Waals surface area contributed by atoms with Gasteiger partial charge in [-0.2, -0.15) is 4.68 Å². The zero-order valence-electron chi connectivity index (χ0n) is 23.7. The van der Waals surface area contributed by atoms with E-state index in [1.807, 2.05) is 0 Å². The number of ether oxygens (including phenoxy) is 1. The Morgan fingerprint density at radius 2 is 1.88 bits per heavy atom. The predicted molar refractivity (Wildman–Crippen MR) is 160 cm³/mol. The van der Waals surface area contributed by atoms with Crippen LogP contribution in [0.2, 0.25) is 5.02 Å². The van der Waals surface area contributed by atoms with Crippen molar-refractivity contribution in [2.45, 2.75) is 38.8 Å². The summed E-state index contributed by atoms with van der Waals surface area (Å²) in [6.45, 7) is 5.60. The Kier molecular flexibility index (Phi) is 8.22. The van der Waals surface area contributed by atoms with Crippen LogP contribution in [-0.4, -0.2) is 60.0 Å². The molecule has 43 heavy (non-hydrogen) atoms. The maximum Gasteiger partial charge on any atom is 0.338 e. The minimum absolute atomic E-state index is 0.248. The lowest BCUT2D eigenvalue weighted by Gasteiger charge is -2.35. The molecule has 0 spiro atoms. The normalized spacial score (nSPS) is 14.8. The second-order valence-corrected chi connectivity index (χ2v) is 11.3. The van der Waals surface area contributed by atoms with Crippen molar-refractivity contribution in [3.05, 3.63) is 94.5 Å². The Morgan fingerprint density at radius 3 is 2.58 bits per heavy atom. The largest absolute Gasteiger partial charge is 0.456 e. The molecule has 1 unspecified atom stereocenters. The molecule has 12 nitrogen and oxygen atoms in total. The van der Waals surface area contributed by atoms with Crippen LogP contribution in [0.5, 0.6) is 0 Å². The van der Waals surface area contributed by atoms with E-state index in [2.05, 4.69) is 25.8 Å². The number of hydrogen-bond acceptors (Lipinski definition) is 9. The molecule has 5 rings (SSSR count). The van der Waals surface area contributed by atoms with Crippen molar-refractivity contribution in [2.24, 2.45) is 0 Å². The van der Waals surface area contributed by atoms with Gasteiger partial charge in [0.1, 0.15) is 18.0 Å². The highest BCUT2D eigenvalue weighted by atomic mass is 35.5. The number of carbonyl (C=O) groups is 3. The number of benzene rings is 2. The third kappa shape index (κ3) is 6.87. The van der Waals surface area contributed by atoms with Gasteiger partial charge in [-0.25, -0.2) is 4.79 Å². The molecule has 0 saturated heterocycles. The molecule has 13 heteroatoms. The molecule has 220 valence electrons. The quantitative estimate of drug-likeness (QED) is 0.246. The molecule has 3 heterocycles. The number of aromatic nitrogens is 5. The minimum atomic E-state index is -1.01. The van der Waals surface area contributed by atoms with Crippen molar-refractivity contribution >= 4 is 46.8 Å². The standard InChI is InChI=1S/C30H29ClN8O4/c1-30(2,3)43-29(42)18-4-8-22(9-5-18)35-28(41)27-23-15-21(32)16-33-24(23)12-13-38(27)26(40)11-6-19-14-20(31)7-10-25(19)39-17-34-36-37-39/h4-11,14-17,27H,12-13,32H2,1-3H3,(H,35,41)/b11-6+. The first-order chi connectivity index (χ1) is 20.5. The molecule has 0 bridgehead atoms. The number of nitrogen functional groups attached to an aromatic ring is 1. The highest BCUT2D eigenvalue weighted by Gasteiger charge is 2.36. The highest BCUT2D eigenvalue weighted by Crippen LogP contribution is 2.32. The minimum Gasteiger partial charge on any atom is -0.456 e. The Balaban J connectivity index is 1.41. The van der Waals surface area contributed by atoms with Crippen molar-refractivity contribution in [1.29, 1.82) is 0 Å². The molecular weight excluding hydrogens is 572 g/mol. The average molecular weight is 601 g/mol. The van der Waals surface area contributed by atoms with Gasteiger partial charge in [0.05, 0.1) is 23.1 Å². The van der Waals surface area contributed by atoms with Crippen LogP contribution in [0.1, 0.15) is 54.0 Å². The number of rotatable bonds is 6. The molecule has 0 radical (unpaired) electrons. The summed E-state index contributed by atoms with van der Waals surface area (Å²) in [6, 6.07) is 12.1. The van der Waals surface area contributed by atoms with Crippen molar-refractivity contribution in [1.82, 2.24) is 30.1 Å². The Labute approximate surface area is 252 Å². The molecule has 2 aromatic carbocycles. The monoisotopic (exact) mass is 600 g/mol. The first-order valence-corrected chi connectivity index (χ1v) is 13.8. The van der Waals surface area contributed by atoms with Gasteiger partial charge in [-0.3, -0.25) is 14.6 Å². The smallest absolute Gasteiger partial charge is 0.338 e. The van der Waals surface area contributed by atoms with Gasteiger partial charge >= 0.3 is 5.97 Å². The van der Waals surface area contributed by atoms with E-state index < -0.39 is 29.4 Å². The van der Waals surface area contributed by atoms with Gasteiger partial charge in [-0.05, 0) is 85.8 Å². The van der Waals surface area contributed by atoms with E-state index in [-0.39, 0.29) is 6.54 Å². The number of fused-ring (bicyclic) bond motifs is 1. The maximum atomic E-state index is 13.8. The molecule has 1 aliphatic rings. The van der Waals surface area contributed by atoms with Crippen LogP contribution >= 0.6 is 11.6 Å². The van der Waals surface area contributed by atoms with Crippen LogP contribution in [0.15, 0.2) is 67.1 Å². The number of esters is 1. The predicted octanol–water partition coefficient (Wildman–Crippen LogP) is 4.03. The summed E-state index contributed by atoms with van der Waals surface area (Å²) in [4.78, 5) is 45.7. The molecule has 4 aromatic rings. The van der Waals surface area contributed by atoms with E-state index in [4.69, 9.17) is 22.1 Å². The van der Waals surface area contributed by atoms with Gasteiger partial charge in [0.2, 0.25) is 5.91 Å². The van der Waals surface area contributed by atoms with E-state index in [1.165, 1.54) is 28.2 Å². The van der Waals surface area contributed by atoms with Gasteiger partial charge in [0.25, 0.3) is 5.91 Å². The number of nitrogens with zero attached hydrogens (tertiary/aromatic N) is 6. The summed E-state index contributed by atoms with van der Waals surface area (Å²) < 4.78 is 6.86. The van der Waals surface area contributed by atoms with Crippen LogP contribution in [0, 0.1) is 0 Å². The number of halogens is 1. The molecule has 2 amide bonds. The third-order valence-electron chi connectivity index (χ3n) is 6.53. The number of tetrazole rings is 1. The fourth-order valence-electron chi connectivity index (χ4n) is 4.65. The zero-order chi connectivity index (χ0) is 30.7. The molecule has 2 aromatic heterocycles. The second-order valence-electron chi connectivity index (χ2n) is 10.8. The summed E-state index contributed by atoms with van der Waals surface area (Å²) in [5.41, 5.74) is 8.97. The van der Waals surface area contributed by atoms with Crippen LogP contribution in [0.4, 0.5) is 11.4 Å². The summed E-state index contributed by atoms with van der Waals surface area (Å²) in [5.74, 6) is -1.34. The van der Waals surface area contributed by atoms with E-state index in [9.17, 15) is 14.4 Å². The summed E-state index contributed by atoms with van der Waals surface area (Å²) in [7, 11) is 0. The van der Waals surface area contributed by atoms with E-state index in [0.29, 0.717) is 50.9 Å². The number of carbonyl (C=O) groups excluding carboxylic acids is 3. The SMILES string of the molecule is CC(C)(C)OC(=O)c1ccc(NC(=O)C2c3cc(N)cnc3CCN2C(=O)/C=C/c2cc(Cl)ccc2-n2cnnn2)cc1. The maximum absolute atomic E-state index is 13.8. The Hall–Kier alpha value is -5.10. The number of pyridine rings is 1. The van der Waals surface area contributed by atoms with E-state index >= 15 is 0 Å². The zero-order valence-corrected chi connectivity index (χ0v) is 24.4. The van der Waals surface area contributed by atoms with Gasteiger partial charge < -0.3 is 20.7 Å². The van der Waals surface area contributed by atoms with Crippen LogP contribution in [0.25, 0.3) is 11.8 Å². The lowest BCUT2D eigenvalue weighted by atomic mass is 9.95. The lowest BCUT2D eigenvalue weighted by Crippen LogP contribution is -2.45. The molecule has 1 atom stereocenters. The first-order valence-electron chi connectivity index (χ1n) is 13.4. The molecule has 3 N–H and O–H groups in total. The van der Waals surface area contributed by atoms with Gasteiger partial charge in [0.15, 0.2) is 0 Å². The van der Waals surface area contributed by atoms with Crippen molar-refractivity contribution in [3.8, 4) is 5.69 Å². The second kappa shape index (κ2) is 12.0. The number of nitrogens with one attached hydrogen (secondary N) is 1. The molecule has 0 saturated carbocycles. The van der Waals surface area contributed by atoms with Crippen LogP contribution < -0.4 is 11.1 Å². The lowest BCUT2D eigenvalue weighted by molar-refractivity contribution is -0.135. The molecule has 0 fully saturated rings. The number of anilines is 2. The summed E-state index contributed by atoms with van der Waals surface area (Å²) in [5, 5.41) is 14.6. The fourth-order valence-corrected chi connectivity index (χ4v) is 4.83. The van der Waals surface area contributed by atoms with E-state index in [0.717, 1.165) is 0 Å². The van der Waals surface area contributed by atoms with Crippen molar-refractivity contribution in [3.63, 3.8) is 0 Å². The molecule has 1 aliphatic heterocycles. The van der Waals surface area contributed by atoms with Crippen LogP contribution in [0.3, 0.4) is 0 Å². The summed E-state index contributed by atoms with van der Waals surface area (Å²) >= 11 is 6.22. The molecule has 0 aliphatic carbocycles. The van der Waals surface area contributed by atoms with Gasteiger partial charge in [-0.15, -0.1) is 5.10 Å². The van der Waals surface area contributed by atoms with Gasteiger partial charge in [0, 0.05) is 46.6 Å². The topological polar surface area (TPSA) is 158 Å². The number of amides is 2. The fraction of sp³-hybridized carbons (Fsp3) is 0.233. The third-order valence-corrected chi connectivity index (χ3v) is 6.77. The van der Waals surface area contributed by atoms with Crippen LogP contribution in [-0.2, 0) is 20.7 Å². The first kappa shape index (κ1) is 29.4. The van der Waals surface area contributed by atoms with Crippen molar-refractivity contribution in [2.75, 3.05) is 17.6 Å². The van der Waals surface area contributed by atoms with E-state index in [1.54, 1.807) is 75.4 Å². The Morgan fingerprint density at radius 1 is 1.12 bits per heavy atom. The number of nitrogens with two attached hydrogens (primary N) is 1. The number of hydrogen-bond donors (Lipinski definition) is 2.